The summed E-state index contributed by atoms with van der Waals surface area (Å²) in [5.41, 5.74) is 7.91. The minimum Gasteiger partial charge on any atom is -0.334 e. The van der Waals surface area contributed by atoms with Gasteiger partial charge in [0.1, 0.15) is 0 Å². The lowest BCUT2D eigenvalue weighted by molar-refractivity contribution is 0.0623. The Morgan fingerprint density at radius 1 is 1.08 bits per heavy atom. The zero-order valence-electron chi connectivity index (χ0n) is 14.2. The normalized spacial score (nSPS) is 21.0. The number of carbonyl (C=O) groups excluding carboxylic acids is 1. The Morgan fingerprint density at radius 2 is 1.79 bits per heavy atom. The van der Waals surface area contributed by atoms with Crippen molar-refractivity contribution in [2.75, 3.05) is 26.2 Å². The molecule has 0 bridgehead atoms. The third-order valence-corrected chi connectivity index (χ3v) is 4.94. The molecule has 0 aromatic heterocycles. The number of carbonyl (C=O) groups is 1. The van der Waals surface area contributed by atoms with Crippen LogP contribution in [0.4, 0.5) is 0 Å². The van der Waals surface area contributed by atoms with E-state index in [0.717, 1.165) is 31.5 Å². The molecule has 1 aromatic rings. The van der Waals surface area contributed by atoms with Crippen molar-refractivity contribution in [2.45, 2.75) is 44.7 Å². The number of hydrogen-bond donors (Lipinski definition) is 1. The van der Waals surface area contributed by atoms with Gasteiger partial charge in [0.25, 0.3) is 5.91 Å². The molecule has 24 heavy (non-hydrogen) atoms. The number of halogens is 2. The van der Waals surface area contributed by atoms with E-state index in [1.54, 1.807) is 0 Å². The number of hydrogen-bond acceptors (Lipinski definition) is 3. The predicted molar refractivity (Wildman–Crippen MR) is 103 cm³/mol. The molecule has 2 aliphatic rings. The first-order chi connectivity index (χ1) is 10.8. The summed E-state index contributed by atoms with van der Waals surface area (Å²) in [7, 11) is 0. The highest BCUT2D eigenvalue weighted by molar-refractivity contribution is 5.94. The van der Waals surface area contributed by atoms with Gasteiger partial charge in [0.05, 0.1) is 0 Å². The maximum Gasteiger partial charge on any atom is 0.254 e. The zero-order valence-corrected chi connectivity index (χ0v) is 15.8. The number of rotatable bonds is 4. The highest BCUT2D eigenvalue weighted by Gasteiger charge is 2.26. The molecule has 2 N–H and O–H groups in total. The summed E-state index contributed by atoms with van der Waals surface area (Å²) in [6.07, 6.45) is 5.90. The highest BCUT2D eigenvalue weighted by Crippen LogP contribution is 2.20. The Kier molecular flexibility index (Phi) is 9.06. The monoisotopic (exact) mass is 373 g/mol. The molecule has 1 amide bonds. The molecule has 0 radical (unpaired) electrons. The number of piperidine rings is 1. The molecule has 4 nitrogen and oxygen atoms in total. The number of benzene rings is 1. The van der Waals surface area contributed by atoms with Crippen LogP contribution < -0.4 is 5.73 Å². The Morgan fingerprint density at radius 3 is 2.50 bits per heavy atom. The second-order valence-electron chi connectivity index (χ2n) is 6.57. The van der Waals surface area contributed by atoms with E-state index in [-0.39, 0.29) is 36.8 Å². The van der Waals surface area contributed by atoms with Crippen molar-refractivity contribution < 1.29 is 4.79 Å². The van der Waals surface area contributed by atoms with E-state index in [1.165, 1.54) is 37.9 Å². The molecule has 1 unspecified atom stereocenters. The van der Waals surface area contributed by atoms with E-state index in [9.17, 15) is 4.79 Å². The highest BCUT2D eigenvalue weighted by atomic mass is 35.5. The topological polar surface area (TPSA) is 49.6 Å². The lowest BCUT2D eigenvalue weighted by atomic mass is 10.0. The van der Waals surface area contributed by atoms with Gasteiger partial charge in [-0.2, -0.15) is 0 Å². The van der Waals surface area contributed by atoms with Crippen LogP contribution in [0, 0.1) is 0 Å². The van der Waals surface area contributed by atoms with E-state index < -0.39 is 0 Å². The summed E-state index contributed by atoms with van der Waals surface area (Å²) in [6, 6.07) is 8.37. The molecule has 2 aliphatic heterocycles. The Hall–Kier alpha value is -0.810. The van der Waals surface area contributed by atoms with Crippen molar-refractivity contribution in [3.8, 4) is 0 Å². The SMILES string of the molecule is Cl.Cl.NCC1CCCCN1C(=O)c1cccc(CN2CCCC2)c1. The standard InChI is InChI=1S/C18H27N3O.2ClH/c19-13-17-8-1-2-11-21(17)18(22)16-7-5-6-15(12-16)14-20-9-3-4-10-20;;/h5-7,12,17H,1-4,8-11,13-14,19H2;2*1H. The lowest BCUT2D eigenvalue weighted by Gasteiger charge is -2.35. The number of nitrogens with zero attached hydrogens (tertiary/aromatic N) is 2. The quantitative estimate of drug-likeness (QED) is 0.881. The molecule has 2 fully saturated rings. The summed E-state index contributed by atoms with van der Waals surface area (Å²) in [6.45, 7) is 4.73. The molecule has 1 atom stereocenters. The average Bonchev–Trinajstić information content (AvgIpc) is 3.07. The second kappa shape index (κ2) is 10.2. The van der Waals surface area contributed by atoms with Crippen molar-refractivity contribution in [1.29, 1.82) is 0 Å². The van der Waals surface area contributed by atoms with Crippen LogP contribution in [-0.2, 0) is 6.54 Å². The van der Waals surface area contributed by atoms with Gasteiger partial charge in [0.2, 0.25) is 0 Å². The molecule has 3 rings (SSSR count). The number of amides is 1. The third kappa shape index (κ3) is 5.09. The van der Waals surface area contributed by atoms with Gasteiger partial charge < -0.3 is 10.6 Å². The van der Waals surface area contributed by atoms with E-state index in [2.05, 4.69) is 17.0 Å². The van der Waals surface area contributed by atoms with Crippen LogP contribution in [0.15, 0.2) is 24.3 Å². The fourth-order valence-electron chi connectivity index (χ4n) is 3.68. The Labute approximate surface area is 157 Å². The average molecular weight is 374 g/mol. The van der Waals surface area contributed by atoms with Crippen molar-refractivity contribution in [2.24, 2.45) is 5.73 Å². The van der Waals surface area contributed by atoms with Crippen molar-refractivity contribution in [3.63, 3.8) is 0 Å². The number of nitrogens with two attached hydrogens (primary N) is 1. The van der Waals surface area contributed by atoms with E-state index in [0.29, 0.717) is 6.54 Å². The van der Waals surface area contributed by atoms with E-state index in [4.69, 9.17) is 5.73 Å². The van der Waals surface area contributed by atoms with E-state index >= 15 is 0 Å². The second-order valence-corrected chi connectivity index (χ2v) is 6.57. The summed E-state index contributed by atoms with van der Waals surface area (Å²) < 4.78 is 0. The van der Waals surface area contributed by atoms with Crippen LogP contribution in [0.2, 0.25) is 0 Å². The summed E-state index contributed by atoms with van der Waals surface area (Å²) in [5, 5.41) is 0. The largest absolute Gasteiger partial charge is 0.334 e. The molecule has 0 spiro atoms. The van der Waals surface area contributed by atoms with Gasteiger partial charge in [-0.3, -0.25) is 9.69 Å². The molecule has 2 saturated heterocycles. The van der Waals surface area contributed by atoms with Crippen molar-refractivity contribution in [1.82, 2.24) is 9.80 Å². The van der Waals surface area contributed by atoms with Gasteiger partial charge in [-0.15, -0.1) is 24.8 Å². The number of likely N-dealkylation sites (tertiary alicyclic amines) is 2. The van der Waals surface area contributed by atoms with E-state index in [1.807, 2.05) is 17.0 Å². The van der Waals surface area contributed by atoms with Gasteiger partial charge in [0.15, 0.2) is 0 Å². The Balaban J connectivity index is 0.00000144. The van der Waals surface area contributed by atoms with Gasteiger partial charge in [-0.1, -0.05) is 12.1 Å². The van der Waals surface area contributed by atoms with Crippen LogP contribution in [0.25, 0.3) is 0 Å². The zero-order chi connectivity index (χ0) is 15.4. The molecular weight excluding hydrogens is 345 g/mol. The van der Waals surface area contributed by atoms with Gasteiger partial charge in [-0.25, -0.2) is 0 Å². The summed E-state index contributed by atoms with van der Waals surface area (Å²) in [4.78, 5) is 17.3. The minimum atomic E-state index is 0. The molecule has 136 valence electrons. The van der Waals surface area contributed by atoms with Crippen LogP contribution in [0.5, 0.6) is 0 Å². The van der Waals surface area contributed by atoms with Crippen LogP contribution in [-0.4, -0.2) is 47.9 Å². The van der Waals surface area contributed by atoms with Crippen LogP contribution >= 0.6 is 24.8 Å². The summed E-state index contributed by atoms with van der Waals surface area (Å²) >= 11 is 0. The maximum absolute atomic E-state index is 12.8. The van der Waals surface area contributed by atoms with Crippen molar-refractivity contribution >= 4 is 30.7 Å². The first-order valence-corrected chi connectivity index (χ1v) is 8.60. The summed E-state index contributed by atoms with van der Waals surface area (Å²) in [5.74, 6) is 0.151. The third-order valence-electron chi connectivity index (χ3n) is 4.94. The molecular formula is C18H29Cl2N3O. The molecule has 0 aliphatic carbocycles. The first-order valence-electron chi connectivity index (χ1n) is 8.60. The van der Waals surface area contributed by atoms with Gasteiger partial charge >= 0.3 is 0 Å². The van der Waals surface area contributed by atoms with Gasteiger partial charge in [0, 0.05) is 31.2 Å². The van der Waals surface area contributed by atoms with Crippen LogP contribution in [0.3, 0.4) is 0 Å². The Bertz CT molecular complexity index is 521. The fourth-order valence-corrected chi connectivity index (χ4v) is 3.68. The van der Waals surface area contributed by atoms with Crippen molar-refractivity contribution in [3.05, 3.63) is 35.4 Å². The van der Waals surface area contributed by atoms with Crippen LogP contribution in [0.1, 0.15) is 48.0 Å². The van der Waals surface area contributed by atoms with Gasteiger partial charge in [-0.05, 0) is 62.9 Å². The molecule has 0 saturated carbocycles. The fraction of sp³-hybridized carbons (Fsp3) is 0.611. The smallest absolute Gasteiger partial charge is 0.254 e. The molecule has 6 heteroatoms. The minimum absolute atomic E-state index is 0. The first kappa shape index (κ1) is 21.2. The maximum atomic E-state index is 12.8. The predicted octanol–water partition coefficient (Wildman–Crippen LogP) is 3.08. The lowest BCUT2D eigenvalue weighted by Crippen LogP contribution is -2.47. The molecule has 1 aromatic carbocycles. The molecule has 2 heterocycles.